The van der Waals surface area contributed by atoms with Gasteiger partial charge in [-0.1, -0.05) is 208 Å². The van der Waals surface area contributed by atoms with Gasteiger partial charge in [0.15, 0.2) is 24.6 Å². The summed E-state index contributed by atoms with van der Waals surface area (Å²) in [6.07, 6.45) is 51.2. The number of carboxylic acid groups (broad SMARTS) is 1. The van der Waals surface area contributed by atoms with Crippen LogP contribution >= 0.6 is 0 Å². The zero-order valence-electron chi connectivity index (χ0n) is 45.3. The highest BCUT2D eigenvalue weighted by atomic mass is 16.7. The van der Waals surface area contributed by atoms with Crippen molar-refractivity contribution >= 4 is 23.9 Å². The number of allylic oxidation sites excluding steroid dienone is 16. The van der Waals surface area contributed by atoms with E-state index in [1.807, 2.05) is 18.2 Å². The van der Waals surface area contributed by atoms with Crippen molar-refractivity contribution in [1.82, 2.24) is 0 Å². The zero-order valence-corrected chi connectivity index (χ0v) is 45.3. The van der Waals surface area contributed by atoms with Crippen LogP contribution in [0, 0.1) is 0 Å². The Hall–Kier alpha value is -4.36. The standard InChI is InChI=1S/C61H98O12/c1-4-7-10-13-16-19-22-24-25-26-27-28-29-31-33-35-38-41-44-47-53(62)69-50-52(71-54(63)48-45-42-39-36-32-21-18-15-12-9-6-3)51-70-61-59(57(66)56(65)58(73-61)60(67)68)72-55(64)49-46-43-40-37-34-30-23-20-17-14-11-8-5-2/h7-8,10-11,16-17,19-20,24-25,27-28,30,34,40,43,52,56-59,61,65-66H,4-6,9,12-15,18,21-23,26,29,31-33,35-39,41-42,44-51H2,1-3H3,(H,67,68)/b10-7-,11-8-,19-16-,20-17-,25-24-,28-27-,34-30-,43-40-. The Morgan fingerprint density at radius 1 is 0.466 bits per heavy atom. The molecule has 12 heteroatoms. The van der Waals surface area contributed by atoms with E-state index >= 15 is 0 Å². The first-order valence-electron chi connectivity index (χ1n) is 28.2. The van der Waals surface area contributed by atoms with Crippen molar-refractivity contribution in [3.8, 4) is 0 Å². The second kappa shape index (κ2) is 48.6. The summed E-state index contributed by atoms with van der Waals surface area (Å²) < 4.78 is 28.3. The molecule has 1 rings (SSSR count). The zero-order chi connectivity index (χ0) is 53.3. The molecule has 12 nitrogen and oxygen atoms in total. The number of rotatable bonds is 46. The third kappa shape index (κ3) is 38.8. The van der Waals surface area contributed by atoms with Crippen molar-refractivity contribution in [2.45, 2.75) is 250 Å². The Morgan fingerprint density at radius 2 is 0.890 bits per heavy atom. The normalized spacial score (nSPS) is 19.1. The van der Waals surface area contributed by atoms with Crippen molar-refractivity contribution < 1.29 is 58.2 Å². The molecule has 3 N–H and O–H groups in total. The number of unbranched alkanes of at least 4 members (excludes halogenated alkanes) is 16. The van der Waals surface area contributed by atoms with E-state index < -0.39 is 67.3 Å². The number of carboxylic acids is 1. The summed E-state index contributed by atoms with van der Waals surface area (Å²) in [5.41, 5.74) is 0. The molecule has 1 aliphatic rings. The van der Waals surface area contributed by atoms with Crippen LogP contribution in [0.25, 0.3) is 0 Å². The van der Waals surface area contributed by atoms with Gasteiger partial charge in [0.1, 0.15) is 18.8 Å². The molecule has 1 saturated heterocycles. The van der Waals surface area contributed by atoms with E-state index in [-0.39, 0.29) is 25.9 Å². The Labute approximate surface area is 441 Å². The highest BCUT2D eigenvalue weighted by Gasteiger charge is 2.50. The van der Waals surface area contributed by atoms with Gasteiger partial charge in [-0.3, -0.25) is 14.4 Å². The number of ether oxygens (including phenoxy) is 5. The number of esters is 3. The Morgan fingerprint density at radius 3 is 1.37 bits per heavy atom. The third-order valence-corrected chi connectivity index (χ3v) is 12.2. The lowest BCUT2D eigenvalue weighted by Crippen LogP contribution is -2.61. The first-order chi connectivity index (χ1) is 35.6. The van der Waals surface area contributed by atoms with Crippen LogP contribution in [-0.4, -0.2) is 89.2 Å². The molecule has 0 aromatic rings. The molecule has 6 atom stereocenters. The van der Waals surface area contributed by atoms with Gasteiger partial charge in [0.05, 0.1) is 6.61 Å². The van der Waals surface area contributed by atoms with Gasteiger partial charge >= 0.3 is 23.9 Å². The Kier molecular flexibility index (Phi) is 44.4. The molecule has 0 aliphatic carbocycles. The van der Waals surface area contributed by atoms with E-state index in [0.717, 1.165) is 103 Å². The Balaban J connectivity index is 2.72. The maximum atomic E-state index is 13.1. The molecule has 0 bridgehead atoms. The van der Waals surface area contributed by atoms with Crippen LogP contribution < -0.4 is 0 Å². The minimum absolute atomic E-state index is 0.0649. The molecule has 1 heterocycles. The van der Waals surface area contributed by atoms with Crippen molar-refractivity contribution in [3.63, 3.8) is 0 Å². The van der Waals surface area contributed by atoms with Gasteiger partial charge in [-0.25, -0.2) is 4.79 Å². The molecule has 0 amide bonds. The molecule has 0 aromatic carbocycles. The highest BCUT2D eigenvalue weighted by Crippen LogP contribution is 2.26. The smallest absolute Gasteiger partial charge is 0.335 e. The van der Waals surface area contributed by atoms with Crippen molar-refractivity contribution in [1.29, 1.82) is 0 Å². The molecule has 73 heavy (non-hydrogen) atoms. The van der Waals surface area contributed by atoms with Crippen molar-refractivity contribution in [2.75, 3.05) is 13.2 Å². The maximum absolute atomic E-state index is 13.1. The summed E-state index contributed by atoms with van der Waals surface area (Å²) in [6.45, 7) is 5.69. The fourth-order valence-electron chi connectivity index (χ4n) is 7.90. The summed E-state index contributed by atoms with van der Waals surface area (Å²) in [5, 5.41) is 31.4. The van der Waals surface area contributed by atoms with Crippen LogP contribution in [-0.2, 0) is 42.9 Å². The highest BCUT2D eigenvalue weighted by molar-refractivity contribution is 5.74. The molecule has 1 aliphatic heterocycles. The van der Waals surface area contributed by atoms with E-state index in [1.54, 1.807) is 0 Å². The monoisotopic (exact) mass is 1020 g/mol. The molecule has 6 unspecified atom stereocenters. The first kappa shape index (κ1) is 66.7. The van der Waals surface area contributed by atoms with Crippen LogP contribution in [0.1, 0.15) is 213 Å². The summed E-state index contributed by atoms with van der Waals surface area (Å²) in [7, 11) is 0. The predicted octanol–water partition coefficient (Wildman–Crippen LogP) is 14.1. The van der Waals surface area contributed by atoms with Gasteiger partial charge < -0.3 is 39.0 Å². The minimum Gasteiger partial charge on any atom is -0.479 e. The van der Waals surface area contributed by atoms with E-state index in [2.05, 4.69) is 99.8 Å². The Bertz CT molecular complexity index is 1640. The summed E-state index contributed by atoms with van der Waals surface area (Å²) in [5.74, 6) is -3.25. The largest absolute Gasteiger partial charge is 0.479 e. The van der Waals surface area contributed by atoms with E-state index in [1.165, 1.54) is 44.9 Å². The topological polar surface area (TPSA) is 175 Å². The second-order valence-corrected chi connectivity index (χ2v) is 18.8. The summed E-state index contributed by atoms with van der Waals surface area (Å²) >= 11 is 0. The average Bonchev–Trinajstić information content (AvgIpc) is 3.37. The fourth-order valence-corrected chi connectivity index (χ4v) is 7.90. The lowest BCUT2D eigenvalue weighted by molar-refractivity contribution is -0.301. The van der Waals surface area contributed by atoms with Gasteiger partial charge in [-0.2, -0.15) is 0 Å². The van der Waals surface area contributed by atoms with Crippen molar-refractivity contribution in [2.24, 2.45) is 0 Å². The van der Waals surface area contributed by atoms with Crippen LogP contribution in [0.5, 0.6) is 0 Å². The molecule has 0 aromatic heterocycles. The third-order valence-electron chi connectivity index (χ3n) is 12.2. The lowest BCUT2D eigenvalue weighted by atomic mass is 9.98. The molecule has 1 fully saturated rings. The number of aliphatic carboxylic acids is 1. The SMILES string of the molecule is CC/C=C\C/C=C\C/C=C\C/C=C\CCCCCCCCC(=O)OCC(COC1OC(C(=O)O)C(O)C(O)C1OC(=O)CC/C=C\C/C=C\C/C=C\C/C=C\CC)OC(=O)CCCCCCCCCCCCC. The van der Waals surface area contributed by atoms with Gasteiger partial charge in [0.25, 0.3) is 0 Å². The van der Waals surface area contributed by atoms with Gasteiger partial charge in [-0.05, 0) is 83.5 Å². The number of aliphatic hydroxyl groups excluding tert-OH is 2. The van der Waals surface area contributed by atoms with Gasteiger partial charge in [-0.15, -0.1) is 0 Å². The number of carbonyl (C=O) groups is 4. The fraction of sp³-hybridized carbons (Fsp3) is 0.672. The van der Waals surface area contributed by atoms with E-state index in [0.29, 0.717) is 25.7 Å². The summed E-state index contributed by atoms with van der Waals surface area (Å²) in [4.78, 5) is 50.9. The van der Waals surface area contributed by atoms with Crippen LogP contribution in [0.2, 0.25) is 0 Å². The minimum atomic E-state index is -1.93. The first-order valence-corrected chi connectivity index (χ1v) is 28.2. The van der Waals surface area contributed by atoms with Gasteiger partial charge in [0.2, 0.25) is 0 Å². The molecule has 0 saturated carbocycles. The second-order valence-electron chi connectivity index (χ2n) is 18.8. The molecular formula is C61H98O12. The average molecular weight is 1020 g/mol. The van der Waals surface area contributed by atoms with Crippen LogP contribution in [0.15, 0.2) is 97.2 Å². The molecule has 414 valence electrons. The van der Waals surface area contributed by atoms with Crippen LogP contribution in [0.4, 0.5) is 0 Å². The maximum Gasteiger partial charge on any atom is 0.335 e. The number of aliphatic hydroxyl groups is 2. The van der Waals surface area contributed by atoms with Crippen molar-refractivity contribution in [3.05, 3.63) is 97.2 Å². The number of carbonyl (C=O) groups excluding carboxylic acids is 3. The lowest BCUT2D eigenvalue weighted by Gasteiger charge is -2.40. The molecular weight excluding hydrogens is 925 g/mol. The predicted molar refractivity (Wildman–Crippen MR) is 294 cm³/mol. The molecule has 0 spiro atoms. The van der Waals surface area contributed by atoms with Gasteiger partial charge in [0, 0.05) is 19.3 Å². The summed E-state index contributed by atoms with van der Waals surface area (Å²) in [6, 6.07) is 0. The molecule has 0 radical (unpaired) electrons. The van der Waals surface area contributed by atoms with E-state index in [4.69, 9.17) is 23.7 Å². The quantitative estimate of drug-likeness (QED) is 0.0228. The van der Waals surface area contributed by atoms with Crippen LogP contribution in [0.3, 0.4) is 0 Å². The number of hydrogen-bond donors (Lipinski definition) is 3. The van der Waals surface area contributed by atoms with E-state index in [9.17, 15) is 34.5 Å². The number of hydrogen-bond acceptors (Lipinski definition) is 11.